The van der Waals surface area contributed by atoms with Crippen LogP contribution in [-0.2, 0) is 25.3 Å². The molecule has 1 amide bonds. The van der Waals surface area contributed by atoms with Crippen molar-refractivity contribution in [3.63, 3.8) is 0 Å². The van der Waals surface area contributed by atoms with Crippen LogP contribution in [0.15, 0.2) is 30.3 Å². The standard InChI is InChI=1S/C24H39NO6Si/c1-7-29-21(27)24(20(26)18-31-32(5,6)23(2,3)4)13-15-25(16-14-24)22(28)30-17-19-11-9-8-10-12-19/h8-12,20,26H,7,13-18H2,1-6H3. The molecule has 8 heteroatoms. The minimum Gasteiger partial charge on any atom is -0.465 e. The van der Waals surface area contributed by atoms with Crippen molar-refractivity contribution in [1.82, 2.24) is 4.90 Å². The molecule has 0 aliphatic carbocycles. The van der Waals surface area contributed by atoms with Crippen molar-refractivity contribution in [2.45, 2.75) is 71.4 Å². The van der Waals surface area contributed by atoms with Crippen LogP contribution in [-0.4, -0.2) is 62.8 Å². The molecule has 0 radical (unpaired) electrons. The van der Waals surface area contributed by atoms with Gasteiger partial charge in [-0.05, 0) is 43.5 Å². The van der Waals surface area contributed by atoms with E-state index in [0.717, 1.165) is 5.56 Å². The van der Waals surface area contributed by atoms with E-state index in [0.29, 0.717) is 25.9 Å². The normalized spacial score (nSPS) is 17.5. The summed E-state index contributed by atoms with van der Waals surface area (Å²) in [6.45, 7) is 13.5. The molecule has 2 rings (SSSR count). The van der Waals surface area contributed by atoms with Crippen molar-refractivity contribution in [1.29, 1.82) is 0 Å². The molecule has 1 aromatic rings. The number of aliphatic hydroxyl groups excluding tert-OH is 1. The Morgan fingerprint density at radius 3 is 2.25 bits per heavy atom. The average molecular weight is 466 g/mol. The zero-order valence-electron chi connectivity index (χ0n) is 20.3. The molecule has 0 aromatic heterocycles. The van der Waals surface area contributed by atoms with E-state index in [1.807, 2.05) is 30.3 Å². The van der Waals surface area contributed by atoms with Crippen LogP contribution in [0.3, 0.4) is 0 Å². The lowest BCUT2D eigenvalue weighted by atomic mass is 9.74. The van der Waals surface area contributed by atoms with Crippen molar-refractivity contribution >= 4 is 20.4 Å². The van der Waals surface area contributed by atoms with Gasteiger partial charge in [-0.25, -0.2) is 4.79 Å². The van der Waals surface area contributed by atoms with E-state index >= 15 is 0 Å². The fraction of sp³-hybridized carbons (Fsp3) is 0.667. The lowest BCUT2D eigenvalue weighted by Gasteiger charge is -2.43. The Hall–Kier alpha value is -1.90. The largest absolute Gasteiger partial charge is 0.465 e. The number of amides is 1. The first-order valence-electron chi connectivity index (χ1n) is 11.4. The second-order valence-electron chi connectivity index (χ2n) is 9.99. The van der Waals surface area contributed by atoms with E-state index in [4.69, 9.17) is 13.9 Å². The number of esters is 1. The summed E-state index contributed by atoms with van der Waals surface area (Å²) in [6.07, 6.45) is -0.820. The number of ether oxygens (including phenoxy) is 2. The predicted molar refractivity (Wildman–Crippen MR) is 126 cm³/mol. The molecule has 0 saturated carbocycles. The molecule has 1 heterocycles. The number of rotatable bonds is 8. The third-order valence-corrected chi connectivity index (χ3v) is 11.3. The van der Waals surface area contributed by atoms with Crippen LogP contribution < -0.4 is 0 Å². The molecule has 0 spiro atoms. The maximum atomic E-state index is 12.9. The number of nitrogens with zero attached hydrogens (tertiary/aromatic N) is 1. The smallest absolute Gasteiger partial charge is 0.410 e. The minimum absolute atomic E-state index is 0.00428. The fourth-order valence-electron chi connectivity index (χ4n) is 3.51. The summed E-state index contributed by atoms with van der Waals surface area (Å²) < 4.78 is 17.0. The van der Waals surface area contributed by atoms with Crippen molar-refractivity contribution in [3.8, 4) is 0 Å². The SMILES string of the molecule is CCOC(=O)C1(C(O)CO[Si](C)(C)C(C)(C)C)CCN(C(=O)OCc2ccccc2)CC1. The van der Waals surface area contributed by atoms with Crippen LogP contribution in [0.4, 0.5) is 4.79 Å². The van der Waals surface area contributed by atoms with Crippen molar-refractivity contribution in [2.75, 3.05) is 26.3 Å². The molecule has 1 saturated heterocycles. The summed E-state index contributed by atoms with van der Waals surface area (Å²) >= 11 is 0. The Bertz CT molecular complexity index is 754. The molecule has 1 aromatic carbocycles. The Morgan fingerprint density at radius 1 is 1.12 bits per heavy atom. The summed E-state index contributed by atoms with van der Waals surface area (Å²) in [4.78, 5) is 27.0. The molecule has 1 aliphatic heterocycles. The monoisotopic (exact) mass is 465 g/mol. The molecule has 1 atom stereocenters. The number of hydrogen-bond donors (Lipinski definition) is 1. The van der Waals surface area contributed by atoms with Gasteiger partial charge in [-0.15, -0.1) is 0 Å². The number of aliphatic hydroxyl groups is 1. The first kappa shape index (κ1) is 26.4. The predicted octanol–water partition coefficient (Wildman–Crippen LogP) is 4.35. The summed E-state index contributed by atoms with van der Waals surface area (Å²) in [6, 6.07) is 9.49. The van der Waals surface area contributed by atoms with E-state index in [2.05, 4.69) is 33.9 Å². The van der Waals surface area contributed by atoms with Gasteiger partial charge in [0.05, 0.1) is 24.7 Å². The van der Waals surface area contributed by atoms with Gasteiger partial charge in [0, 0.05) is 13.1 Å². The maximum Gasteiger partial charge on any atom is 0.410 e. The van der Waals surface area contributed by atoms with E-state index in [1.165, 1.54) is 0 Å². The molecule has 180 valence electrons. The highest BCUT2D eigenvalue weighted by Gasteiger charge is 2.50. The highest BCUT2D eigenvalue weighted by molar-refractivity contribution is 6.74. The molecule has 1 fully saturated rings. The Balaban J connectivity index is 2.02. The molecular weight excluding hydrogens is 426 g/mol. The van der Waals surface area contributed by atoms with Crippen LogP contribution in [0.5, 0.6) is 0 Å². The second-order valence-corrected chi connectivity index (χ2v) is 14.8. The van der Waals surface area contributed by atoms with E-state index in [-0.39, 0.29) is 24.9 Å². The third kappa shape index (κ3) is 6.33. The zero-order chi connectivity index (χ0) is 24.0. The number of hydrogen-bond acceptors (Lipinski definition) is 6. The highest BCUT2D eigenvalue weighted by atomic mass is 28.4. The summed E-state index contributed by atoms with van der Waals surface area (Å²) in [5.41, 5.74) is -0.175. The number of likely N-dealkylation sites (tertiary alicyclic amines) is 1. The first-order valence-corrected chi connectivity index (χ1v) is 14.3. The van der Waals surface area contributed by atoms with Crippen LogP contribution in [0.1, 0.15) is 46.1 Å². The molecule has 1 aliphatic rings. The van der Waals surface area contributed by atoms with E-state index in [1.54, 1.807) is 11.8 Å². The molecule has 1 unspecified atom stereocenters. The van der Waals surface area contributed by atoms with E-state index in [9.17, 15) is 14.7 Å². The second kappa shape index (κ2) is 10.8. The quantitative estimate of drug-likeness (QED) is 0.454. The van der Waals surface area contributed by atoms with Crippen LogP contribution in [0, 0.1) is 5.41 Å². The van der Waals surface area contributed by atoms with Crippen molar-refractivity contribution in [2.24, 2.45) is 5.41 Å². The summed E-state index contributed by atoms with van der Waals surface area (Å²) in [5.74, 6) is -0.427. The first-order chi connectivity index (χ1) is 14.9. The number of piperidine rings is 1. The maximum absolute atomic E-state index is 12.9. The number of carbonyl (C=O) groups excluding carboxylic acids is 2. The Morgan fingerprint density at radius 2 is 1.72 bits per heavy atom. The highest BCUT2D eigenvalue weighted by Crippen LogP contribution is 2.40. The molecule has 32 heavy (non-hydrogen) atoms. The van der Waals surface area contributed by atoms with Gasteiger partial charge < -0.3 is 23.9 Å². The van der Waals surface area contributed by atoms with Gasteiger partial charge >= 0.3 is 12.1 Å². The third-order valence-electron chi connectivity index (χ3n) is 6.85. The van der Waals surface area contributed by atoms with Gasteiger partial charge in [-0.1, -0.05) is 51.1 Å². The van der Waals surface area contributed by atoms with Gasteiger partial charge in [-0.3, -0.25) is 4.79 Å². The summed E-state index contributed by atoms with van der Waals surface area (Å²) in [5, 5.41) is 11.1. The topological polar surface area (TPSA) is 85.3 Å². The van der Waals surface area contributed by atoms with Gasteiger partial charge in [0.2, 0.25) is 0 Å². The minimum atomic E-state index is -2.09. The van der Waals surface area contributed by atoms with Crippen LogP contribution in [0.2, 0.25) is 18.1 Å². The lowest BCUT2D eigenvalue weighted by molar-refractivity contribution is -0.169. The Labute approximate surface area is 193 Å². The molecular formula is C24H39NO6Si. The van der Waals surface area contributed by atoms with Crippen molar-refractivity contribution < 1.29 is 28.6 Å². The van der Waals surface area contributed by atoms with Gasteiger partial charge in [-0.2, -0.15) is 0 Å². The van der Waals surface area contributed by atoms with Gasteiger partial charge in [0.25, 0.3) is 0 Å². The molecule has 1 N–H and O–H groups in total. The number of carbonyl (C=O) groups is 2. The fourth-order valence-corrected chi connectivity index (χ4v) is 4.52. The zero-order valence-corrected chi connectivity index (χ0v) is 21.3. The van der Waals surface area contributed by atoms with E-state index < -0.39 is 31.9 Å². The Kier molecular flexibility index (Phi) is 8.90. The summed E-state index contributed by atoms with van der Waals surface area (Å²) in [7, 11) is -2.09. The lowest BCUT2D eigenvalue weighted by Crippen LogP contribution is -2.55. The van der Waals surface area contributed by atoms with Gasteiger partial charge in [0.1, 0.15) is 6.61 Å². The number of benzene rings is 1. The van der Waals surface area contributed by atoms with Crippen LogP contribution >= 0.6 is 0 Å². The van der Waals surface area contributed by atoms with Crippen molar-refractivity contribution in [3.05, 3.63) is 35.9 Å². The van der Waals surface area contributed by atoms with Crippen LogP contribution in [0.25, 0.3) is 0 Å². The molecule has 0 bridgehead atoms. The van der Waals surface area contributed by atoms with Gasteiger partial charge in [0.15, 0.2) is 8.32 Å². The average Bonchev–Trinajstić information content (AvgIpc) is 2.76. The molecule has 7 nitrogen and oxygen atoms in total.